The molecule has 4 nitrogen and oxygen atoms in total. The second-order valence-corrected chi connectivity index (χ2v) is 5.85. The van der Waals surface area contributed by atoms with Gasteiger partial charge in [-0.2, -0.15) is 0 Å². The lowest BCUT2D eigenvalue weighted by atomic mass is 9.90. The molecule has 19 heavy (non-hydrogen) atoms. The van der Waals surface area contributed by atoms with Crippen LogP contribution in [0.4, 0.5) is 5.69 Å². The molecule has 0 spiro atoms. The first-order chi connectivity index (χ1) is 8.94. The smallest absolute Gasteiger partial charge is 0.313 e. The monoisotopic (exact) mass is 262 g/mol. The SMILES string of the molecule is COC(=O)C(C)(C)CN1CC(N)Cc2ccccc21. The molecule has 0 saturated carbocycles. The van der Waals surface area contributed by atoms with E-state index in [2.05, 4.69) is 17.0 Å². The number of carbonyl (C=O) groups excluding carboxylic acids is 1. The maximum absolute atomic E-state index is 11.8. The number of methoxy groups -OCH3 is 1. The fourth-order valence-electron chi connectivity index (χ4n) is 2.69. The maximum Gasteiger partial charge on any atom is 0.313 e. The van der Waals surface area contributed by atoms with Crippen LogP contribution in [0.1, 0.15) is 19.4 Å². The van der Waals surface area contributed by atoms with Crippen LogP contribution in [0.5, 0.6) is 0 Å². The van der Waals surface area contributed by atoms with Crippen molar-refractivity contribution in [2.45, 2.75) is 26.3 Å². The standard InChI is InChI=1S/C15H22N2O2/c1-15(2,14(18)19-3)10-17-9-12(16)8-11-6-4-5-7-13(11)17/h4-7,12H,8-10,16H2,1-3H3. The van der Waals surface area contributed by atoms with Gasteiger partial charge in [0.25, 0.3) is 0 Å². The number of rotatable bonds is 3. The Morgan fingerprint density at radius 3 is 2.84 bits per heavy atom. The highest BCUT2D eigenvalue weighted by molar-refractivity contribution is 5.77. The van der Waals surface area contributed by atoms with E-state index in [-0.39, 0.29) is 12.0 Å². The van der Waals surface area contributed by atoms with Gasteiger partial charge in [-0.1, -0.05) is 18.2 Å². The van der Waals surface area contributed by atoms with Crippen molar-refractivity contribution in [3.05, 3.63) is 29.8 Å². The Hall–Kier alpha value is -1.55. The molecule has 0 fully saturated rings. The van der Waals surface area contributed by atoms with Crippen LogP contribution < -0.4 is 10.6 Å². The number of benzene rings is 1. The van der Waals surface area contributed by atoms with E-state index in [0.29, 0.717) is 6.54 Å². The van der Waals surface area contributed by atoms with E-state index in [1.807, 2.05) is 26.0 Å². The minimum Gasteiger partial charge on any atom is -0.469 e. The van der Waals surface area contributed by atoms with Gasteiger partial charge in [-0.25, -0.2) is 0 Å². The topological polar surface area (TPSA) is 55.6 Å². The summed E-state index contributed by atoms with van der Waals surface area (Å²) in [5.41, 5.74) is 8.00. The van der Waals surface area contributed by atoms with Gasteiger partial charge < -0.3 is 15.4 Å². The molecular formula is C15H22N2O2. The van der Waals surface area contributed by atoms with E-state index in [0.717, 1.165) is 13.0 Å². The fourth-order valence-corrected chi connectivity index (χ4v) is 2.69. The molecule has 0 bridgehead atoms. The maximum atomic E-state index is 11.8. The number of anilines is 1. The van der Waals surface area contributed by atoms with Crippen LogP contribution in [0.15, 0.2) is 24.3 Å². The molecule has 0 radical (unpaired) electrons. The molecule has 0 aromatic heterocycles. The highest BCUT2D eigenvalue weighted by Crippen LogP contribution is 2.30. The van der Waals surface area contributed by atoms with Gasteiger partial charge >= 0.3 is 5.97 Å². The second-order valence-electron chi connectivity index (χ2n) is 5.85. The zero-order chi connectivity index (χ0) is 14.0. The molecule has 0 amide bonds. The van der Waals surface area contributed by atoms with Crippen molar-refractivity contribution in [3.63, 3.8) is 0 Å². The zero-order valence-corrected chi connectivity index (χ0v) is 11.8. The number of hydrogen-bond donors (Lipinski definition) is 1. The Morgan fingerprint density at radius 1 is 1.47 bits per heavy atom. The van der Waals surface area contributed by atoms with Crippen molar-refractivity contribution >= 4 is 11.7 Å². The summed E-state index contributed by atoms with van der Waals surface area (Å²) in [6.45, 7) is 5.20. The van der Waals surface area contributed by atoms with Gasteiger partial charge in [0, 0.05) is 24.8 Å². The second kappa shape index (κ2) is 5.21. The van der Waals surface area contributed by atoms with Crippen LogP contribution in [0.25, 0.3) is 0 Å². The molecule has 2 rings (SSSR count). The normalized spacial score (nSPS) is 18.9. The molecule has 1 aliphatic rings. The average molecular weight is 262 g/mol. The van der Waals surface area contributed by atoms with Crippen molar-refractivity contribution < 1.29 is 9.53 Å². The van der Waals surface area contributed by atoms with E-state index in [1.165, 1.54) is 18.4 Å². The highest BCUT2D eigenvalue weighted by Gasteiger charge is 2.33. The summed E-state index contributed by atoms with van der Waals surface area (Å²) in [4.78, 5) is 14.0. The molecular weight excluding hydrogens is 240 g/mol. The lowest BCUT2D eigenvalue weighted by molar-refractivity contribution is -0.150. The Bertz CT molecular complexity index is 471. The van der Waals surface area contributed by atoms with Crippen LogP contribution >= 0.6 is 0 Å². The van der Waals surface area contributed by atoms with E-state index < -0.39 is 5.41 Å². The summed E-state index contributed by atoms with van der Waals surface area (Å²) in [7, 11) is 1.43. The molecule has 4 heteroatoms. The minimum atomic E-state index is -0.543. The third-order valence-corrected chi connectivity index (χ3v) is 3.59. The van der Waals surface area contributed by atoms with Gasteiger partial charge in [-0.05, 0) is 31.9 Å². The van der Waals surface area contributed by atoms with Gasteiger partial charge in [0.05, 0.1) is 12.5 Å². The minimum absolute atomic E-state index is 0.114. The lowest BCUT2D eigenvalue weighted by Crippen LogP contribution is -2.48. The number of carbonyl (C=O) groups is 1. The summed E-state index contributed by atoms with van der Waals surface area (Å²) in [6, 6.07) is 8.36. The van der Waals surface area contributed by atoms with Crippen LogP contribution in [0.3, 0.4) is 0 Å². The number of para-hydroxylation sites is 1. The van der Waals surface area contributed by atoms with Crippen molar-refractivity contribution in [1.29, 1.82) is 0 Å². The van der Waals surface area contributed by atoms with Crippen LogP contribution in [-0.4, -0.2) is 32.2 Å². The third kappa shape index (κ3) is 2.89. The Morgan fingerprint density at radius 2 is 2.16 bits per heavy atom. The van der Waals surface area contributed by atoms with Crippen molar-refractivity contribution in [2.75, 3.05) is 25.1 Å². The first kappa shape index (κ1) is 13.9. The quantitative estimate of drug-likeness (QED) is 0.840. The molecule has 0 saturated heterocycles. The van der Waals surface area contributed by atoms with Gasteiger partial charge in [0.1, 0.15) is 0 Å². The largest absolute Gasteiger partial charge is 0.469 e. The number of nitrogens with zero attached hydrogens (tertiary/aromatic N) is 1. The average Bonchev–Trinajstić information content (AvgIpc) is 2.37. The molecule has 1 unspecified atom stereocenters. The van der Waals surface area contributed by atoms with Crippen LogP contribution in [-0.2, 0) is 16.0 Å². The Labute approximate surface area is 114 Å². The Kier molecular flexibility index (Phi) is 3.80. The summed E-state index contributed by atoms with van der Waals surface area (Å²) in [5, 5.41) is 0. The van der Waals surface area contributed by atoms with E-state index in [1.54, 1.807) is 0 Å². The molecule has 1 atom stereocenters. The Balaban J connectivity index is 2.24. The van der Waals surface area contributed by atoms with E-state index in [4.69, 9.17) is 10.5 Å². The molecule has 1 heterocycles. The van der Waals surface area contributed by atoms with Crippen molar-refractivity contribution in [1.82, 2.24) is 0 Å². The van der Waals surface area contributed by atoms with Gasteiger partial charge in [0.15, 0.2) is 0 Å². The number of hydrogen-bond acceptors (Lipinski definition) is 4. The van der Waals surface area contributed by atoms with Crippen LogP contribution in [0.2, 0.25) is 0 Å². The number of nitrogens with two attached hydrogens (primary N) is 1. The lowest BCUT2D eigenvalue weighted by Gasteiger charge is -2.38. The number of ether oxygens (including phenoxy) is 1. The van der Waals surface area contributed by atoms with Gasteiger partial charge in [-0.15, -0.1) is 0 Å². The first-order valence-corrected chi connectivity index (χ1v) is 6.61. The van der Waals surface area contributed by atoms with E-state index in [9.17, 15) is 4.79 Å². The van der Waals surface area contributed by atoms with Crippen molar-refractivity contribution in [2.24, 2.45) is 11.1 Å². The molecule has 1 aromatic carbocycles. The molecule has 0 aliphatic carbocycles. The molecule has 2 N–H and O–H groups in total. The third-order valence-electron chi connectivity index (χ3n) is 3.59. The summed E-state index contributed by atoms with van der Waals surface area (Å²) in [6.07, 6.45) is 0.894. The van der Waals surface area contributed by atoms with Gasteiger partial charge in [0.2, 0.25) is 0 Å². The number of esters is 1. The molecule has 104 valence electrons. The van der Waals surface area contributed by atoms with Crippen LogP contribution in [0, 0.1) is 5.41 Å². The fraction of sp³-hybridized carbons (Fsp3) is 0.533. The molecule has 1 aliphatic heterocycles. The van der Waals surface area contributed by atoms with Crippen molar-refractivity contribution in [3.8, 4) is 0 Å². The van der Waals surface area contributed by atoms with E-state index >= 15 is 0 Å². The summed E-state index contributed by atoms with van der Waals surface area (Å²) >= 11 is 0. The van der Waals surface area contributed by atoms with Gasteiger partial charge in [-0.3, -0.25) is 4.79 Å². The number of fused-ring (bicyclic) bond motifs is 1. The summed E-state index contributed by atoms with van der Waals surface area (Å²) in [5.74, 6) is -0.191. The summed E-state index contributed by atoms with van der Waals surface area (Å²) < 4.78 is 4.87. The predicted molar refractivity (Wildman–Crippen MR) is 76.1 cm³/mol. The zero-order valence-electron chi connectivity index (χ0n) is 11.8. The highest BCUT2D eigenvalue weighted by atomic mass is 16.5. The first-order valence-electron chi connectivity index (χ1n) is 6.61. The predicted octanol–water partition coefficient (Wildman–Crippen LogP) is 1.58. The molecule has 1 aromatic rings.